The zero-order valence-corrected chi connectivity index (χ0v) is 27.6. The first-order chi connectivity index (χ1) is 23.8. The van der Waals surface area contributed by atoms with E-state index in [-0.39, 0.29) is 5.41 Å². The van der Waals surface area contributed by atoms with Crippen LogP contribution in [0.25, 0.3) is 39.1 Å². The first kappa shape index (κ1) is 27.8. The van der Waals surface area contributed by atoms with Crippen LogP contribution in [0.15, 0.2) is 157 Å². The van der Waals surface area contributed by atoms with Crippen molar-refractivity contribution in [2.75, 3.05) is 11.2 Å². The van der Waals surface area contributed by atoms with Gasteiger partial charge in [0.25, 0.3) is 0 Å². The van der Waals surface area contributed by atoms with E-state index in [9.17, 15) is 0 Å². The quantitative estimate of drug-likeness (QED) is 0.178. The largest absolute Gasteiger partial charge is 0.309 e. The van der Waals surface area contributed by atoms with Crippen LogP contribution in [-0.4, -0.2) is 6.26 Å². The van der Waals surface area contributed by atoms with Gasteiger partial charge in [0.15, 0.2) is 0 Å². The molecule has 0 N–H and O–H groups in total. The minimum Gasteiger partial charge on any atom is -0.309 e. The fourth-order valence-corrected chi connectivity index (χ4v) is 9.51. The van der Waals surface area contributed by atoms with Crippen molar-refractivity contribution in [3.8, 4) is 22.3 Å². The normalized spacial score (nSPS) is 14.4. The van der Waals surface area contributed by atoms with Gasteiger partial charge in [-0.1, -0.05) is 121 Å². The van der Waals surface area contributed by atoms with E-state index >= 15 is 0 Å². The van der Waals surface area contributed by atoms with Gasteiger partial charge in [-0.05, 0) is 122 Å². The molecular weight excluding hydrogens is 599 g/mol. The van der Waals surface area contributed by atoms with Crippen molar-refractivity contribution in [2.45, 2.75) is 23.2 Å². The topological polar surface area (TPSA) is 3.24 Å². The van der Waals surface area contributed by atoms with Crippen molar-refractivity contribution < 1.29 is 0 Å². The number of fused-ring (bicyclic) bond motifs is 14. The van der Waals surface area contributed by atoms with Gasteiger partial charge in [-0.2, -0.15) is 0 Å². The lowest BCUT2D eigenvalue weighted by Gasteiger charge is -2.32. The molecule has 1 nitrogen and oxygen atoms in total. The average molecular weight is 632 g/mol. The molecule has 1 spiro atoms. The molecule has 0 aliphatic heterocycles. The third-order valence-electron chi connectivity index (χ3n) is 10.8. The number of aryl methyl sites for hydroxylation is 1. The lowest BCUT2D eigenvalue weighted by Crippen LogP contribution is -2.26. The zero-order valence-electron chi connectivity index (χ0n) is 26.8. The maximum atomic E-state index is 2.46. The highest BCUT2D eigenvalue weighted by molar-refractivity contribution is 7.98. The Kier molecular flexibility index (Phi) is 6.13. The molecule has 10 rings (SSSR count). The highest BCUT2D eigenvalue weighted by Gasteiger charge is 2.53. The smallest absolute Gasteiger partial charge is 0.0731 e. The van der Waals surface area contributed by atoms with Gasteiger partial charge < -0.3 is 4.90 Å². The number of hydrogen-bond acceptors (Lipinski definition) is 2. The molecule has 0 fully saturated rings. The Morgan fingerprint density at radius 3 is 2.12 bits per heavy atom. The second-order valence-corrected chi connectivity index (χ2v) is 13.9. The highest BCUT2D eigenvalue weighted by atomic mass is 32.2. The van der Waals surface area contributed by atoms with Crippen molar-refractivity contribution in [3.05, 3.63) is 185 Å². The summed E-state index contributed by atoms with van der Waals surface area (Å²) >= 11 is 1.79. The summed E-state index contributed by atoms with van der Waals surface area (Å²) in [7, 11) is 0. The summed E-state index contributed by atoms with van der Waals surface area (Å²) in [4.78, 5) is 3.66. The van der Waals surface area contributed by atoms with Crippen LogP contribution in [0, 0.1) is 0 Å². The second-order valence-electron chi connectivity index (χ2n) is 13.1. The Morgan fingerprint density at radius 2 is 1.33 bits per heavy atom. The Hall–Kier alpha value is -5.31. The minimum atomic E-state index is -0.385. The minimum absolute atomic E-state index is 0.385. The Morgan fingerprint density at radius 1 is 0.604 bits per heavy atom. The summed E-state index contributed by atoms with van der Waals surface area (Å²) in [6.45, 7) is 0. The van der Waals surface area contributed by atoms with Crippen molar-refractivity contribution in [3.63, 3.8) is 0 Å². The molecule has 0 aromatic heterocycles. The predicted molar refractivity (Wildman–Crippen MR) is 204 cm³/mol. The number of nitrogens with zero attached hydrogens (tertiary/aromatic N) is 1. The molecule has 0 atom stereocenters. The number of allylic oxidation sites excluding steroid dienone is 1. The summed E-state index contributed by atoms with van der Waals surface area (Å²) in [5.41, 5.74) is 17.1. The van der Waals surface area contributed by atoms with Crippen LogP contribution in [0.2, 0.25) is 0 Å². The van der Waals surface area contributed by atoms with E-state index in [1.165, 1.54) is 77.0 Å². The van der Waals surface area contributed by atoms with E-state index in [4.69, 9.17) is 0 Å². The zero-order chi connectivity index (χ0) is 31.8. The molecule has 0 saturated heterocycles. The molecule has 0 saturated carbocycles. The fraction of sp³-hybridized carbons (Fsp3) is 0.0870. The molecule has 7 aromatic carbocycles. The van der Waals surface area contributed by atoms with Crippen LogP contribution in [0.1, 0.15) is 39.8 Å². The van der Waals surface area contributed by atoms with Crippen molar-refractivity contribution in [1.82, 2.24) is 0 Å². The van der Waals surface area contributed by atoms with E-state index in [1.807, 2.05) is 0 Å². The average Bonchev–Trinajstić information content (AvgIpc) is 3.63. The first-order valence-electron chi connectivity index (χ1n) is 16.9. The number of hydrogen-bond donors (Lipinski definition) is 0. The SMILES string of the molecule is CSc1ccccc1N(c1ccccc1)c1ccc2c3c(ccc2c1)-c1c(ccc2c1C=CCC2)C31c2ccccc2-c2ccccc21. The molecule has 0 radical (unpaired) electrons. The first-order valence-corrected chi connectivity index (χ1v) is 18.1. The highest BCUT2D eigenvalue weighted by Crippen LogP contribution is 2.65. The molecule has 48 heavy (non-hydrogen) atoms. The van der Waals surface area contributed by atoms with Crippen LogP contribution < -0.4 is 4.90 Å². The van der Waals surface area contributed by atoms with Gasteiger partial charge in [-0.3, -0.25) is 0 Å². The maximum Gasteiger partial charge on any atom is 0.0731 e. The molecule has 3 aliphatic carbocycles. The molecule has 0 heterocycles. The van der Waals surface area contributed by atoms with E-state index in [0.717, 1.165) is 24.2 Å². The van der Waals surface area contributed by atoms with Gasteiger partial charge in [0.2, 0.25) is 0 Å². The van der Waals surface area contributed by atoms with Crippen molar-refractivity contribution >= 4 is 45.7 Å². The van der Waals surface area contributed by atoms with Crippen LogP contribution >= 0.6 is 11.8 Å². The van der Waals surface area contributed by atoms with Crippen LogP contribution in [0.3, 0.4) is 0 Å². The fourth-order valence-electron chi connectivity index (χ4n) is 8.93. The lowest BCUT2D eigenvalue weighted by molar-refractivity contribution is 0.800. The van der Waals surface area contributed by atoms with Gasteiger partial charge in [0.05, 0.1) is 11.1 Å². The van der Waals surface area contributed by atoms with Gasteiger partial charge >= 0.3 is 0 Å². The van der Waals surface area contributed by atoms with Gasteiger partial charge in [-0.15, -0.1) is 11.8 Å². The molecule has 228 valence electrons. The Bertz CT molecular complexity index is 2410. The van der Waals surface area contributed by atoms with Crippen molar-refractivity contribution in [1.29, 1.82) is 0 Å². The Balaban J connectivity index is 1.29. The summed E-state index contributed by atoms with van der Waals surface area (Å²) in [6.07, 6.45) is 9.11. The van der Waals surface area contributed by atoms with Crippen LogP contribution in [0.4, 0.5) is 17.1 Å². The van der Waals surface area contributed by atoms with E-state index in [1.54, 1.807) is 11.8 Å². The molecular formula is C46H33NS. The Labute approximate surface area is 286 Å². The number of benzene rings is 7. The molecule has 3 aliphatic rings. The van der Waals surface area contributed by atoms with Crippen LogP contribution in [-0.2, 0) is 11.8 Å². The molecule has 7 aromatic rings. The van der Waals surface area contributed by atoms with Crippen molar-refractivity contribution in [2.24, 2.45) is 0 Å². The third kappa shape index (κ3) is 3.70. The summed E-state index contributed by atoms with van der Waals surface area (Å²) < 4.78 is 0. The molecule has 2 heteroatoms. The monoisotopic (exact) mass is 631 g/mol. The molecule has 0 bridgehead atoms. The number of thioether (sulfide) groups is 1. The summed E-state index contributed by atoms with van der Waals surface area (Å²) in [5.74, 6) is 0. The van der Waals surface area contributed by atoms with E-state index in [2.05, 4.69) is 169 Å². The van der Waals surface area contributed by atoms with Gasteiger partial charge in [0.1, 0.15) is 0 Å². The lowest BCUT2D eigenvalue weighted by atomic mass is 9.69. The van der Waals surface area contributed by atoms with Gasteiger partial charge in [-0.25, -0.2) is 0 Å². The standard InChI is InChI=1S/C46H33NS/c1-48-43-22-12-11-21-42(43)47(32-14-3-2-4-15-32)33-25-27-35-31(29-33)23-26-38-44-34-16-6-5-13-30(34)24-28-41(44)46(45(35)38)39-19-9-7-17-36(39)37-18-8-10-20-40(37)46/h2-4,6-12,14-29H,5,13H2,1H3. The summed E-state index contributed by atoms with van der Waals surface area (Å²) in [6, 6.07) is 54.5. The summed E-state index contributed by atoms with van der Waals surface area (Å²) in [5, 5.41) is 2.57. The maximum absolute atomic E-state index is 2.46. The van der Waals surface area contributed by atoms with Crippen LogP contribution in [0.5, 0.6) is 0 Å². The van der Waals surface area contributed by atoms with E-state index < -0.39 is 0 Å². The number of para-hydroxylation sites is 2. The molecule has 0 unspecified atom stereocenters. The number of rotatable bonds is 4. The molecule has 0 amide bonds. The second kappa shape index (κ2) is 10.6. The van der Waals surface area contributed by atoms with Gasteiger partial charge in [0, 0.05) is 16.3 Å². The van der Waals surface area contributed by atoms with E-state index in [0.29, 0.717) is 0 Å². The number of anilines is 3. The predicted octanol–water partition coefficient (Wildman–Crippen LogP) is 12.3. The third-order valence-corrected chi connectivity index (χ3v) is 11.6.